The van der Waals surface area contributed by atoms with Gasteiger partial charge in [-0.05, 0) is 16.7 Å². The minimum atomic E-state index is 0.0411. The summed E-state index contributed by atoms with van der Waals surface area (Å²) < 4.78 is 5.29. The lowest BCUT2D eigenvalue weighted by Gasteiger charge is -2.09. The lowest BCUT2D eigenvalue weighted by atomic mass is 9.99. The quantitative estimate of drug-likeness (QED) is 0.633. The summed E-state index contributed by atoms with van der Waals surface area (Å²) in [6.45, 7) is 0.892. The largest absolute Gasteiger partial charge is 0.394 e. The first kappa shape index (κ1) is 14.7. The van der Waals surface area contributed by atoms with Crippen LogP contribution in [0.5, 0.6) is 0 Å². The Kier molecular flexibility index (Phi) is 5.24. The monoisotopic (exact) mass is 287 g/mol. The van der Waals surface area contributed by atoms with Crippen LogP contribution in [0.2, 0.25) is 0 Å². The van der Waals surface area contributed by atoms with E-state index in [0.717, 1.165) is 22.3 Å². The molecular formula is C16H17NO2S. The van der Waals surface area contributed by atoms with Crippen molar-refractivity contribution in [2.24, 2.45) is 5.73 Å². The molecule has 2 rings (SSSR count). The molecule has 0 spiro atoms. The molecule has 0 aliphatic rings. The fraction of sp³-hybridized carbons (Fsp3) is 0.188. The van der Waals surface area contributed by atoms with Crippen molar-refractivity contribution in [1.29, 1.82) is 0 Å². The van der Waals surface area contributed by atoms with E-state index in [1.807, 2.05) is 48.5 Å². The third-order valence-electron chi connectivity index (χ3n) is 2.96. The van der Waals surface area contributed by atoms with Crippen LogP contribution in [0.25, 0.3) is 11.1 Å². The Labute approximate surface area is 124 Å². The van der Waals surface area contributed by atoms with Crippen molar-refractivity contribution in [1.82, 2.24) is 0 Å². The van der Waals surface area contributed by atoms with Gasteiger partial charge in [0.05, 0.1) is 19.8 Å². The van der Waals surface area contributed by atoms with Crippen LogP contribution >= 0.6 is 12.2 Å². The number of rotatable bonds is 6. The van der Waals surface area contributed by atoms with Crippen LogP contribution in [-0.2, 0) is 11.3 Å². The van der Waals surface area contributed by atoms with E-state index in [0.29, 0.717) is 18.2 Å². The van der Waals surface area contributed by atoms with Crippen LogP contribution in [0.15, 0.2) is 48.5 Å². The van der Waals surface area contributed by atoms with Gasteiger partial charge in [0, 0.05) is 5.56 Å². The number of ether oxygens (including phenoxy) is 1. The van der Waals surface area contributed by atoms with Gasteiger partial charge in [-0.25, -0.2) is 0 Å². The molecule has 0 aromatic heterocycles. The van der Waals surface area contributed by atoms with E-state index in [-0.39, 0.29) is 6.61 Å². The molecule has 0 aliphatic heterocycles. The summed E-state index contributed by atoms with van der Waals surface area (Å²) in [6.07, 6.45) is 0. The first-order chi connectivity index (χ1) is 9.72. The Bertz CT molecular complexity index is 581. The molecule has 20 heavy (non-hydrogen) atoms. The van der Waals surface area contributed by atoms with Gasteiger partial charge in [0.1, 0.15) is 4.99 Å². The molecule has 0 amide bonds. The third-order valence-corrected chi connectivity index (χ3v) is 3.18. The molecule has 0 saturated carbocycles. The highest BCUT2D eigenvalue weighted by molar-refractivity contribution is 7.80. The molecule has 3 N–H and O–H groups in total. The van der Waals surface area contributed by atoms with Gasteiger partial charge in [-0.15, -0.1) is 0 Å². The van der Waals surface area contributed by atoms with E-state index in [2.05, 4.69) is 0 Å². The van der Waals surface area contributed by atoms with Crippen LogP contribution in [0.3, 0.4) is 0 Å². The van der Waals surface area contributed by atoms with Gasteiger partial charge >= 0.3 is 0 Å². The summed E-state index contributed by atoms with van der Waals surface area (Å²) in [5.41, 5.74) is 9.80. The zero-order valence-corrected chi connectivity index (χ0v) is 11.9. The van der Waals surface area contributed by atoms with Crippen molar-refractivity contribution in [2.75, 3.05) is 13.2 Å². The number of thiocarbonyl (C=S) groups is 1. The molecule has 2 aromatic rings. The predicted octanol–water partition coefficient (Wildman–Crippen LogP) is 2.50. The van der Waals surface area contributed by atoms with Crippen molar-refractivity contribution in [2.45, 2.75) is 6.61 Å². The fourth-order valence-electron chi connectivity index (χ4n) is 1.98. The zero-order valence-electron chi connectivity index (χ0n) is 11.1. The number of nitrogens with two attached hydrogens (primary N) is 1. The van der Waals surface area contributed by atoms with Crippen LogP contribution in [0, 0.1) is 0 Å². The highest BCUT2D eigenvalue weighted by atomic mass is 32.1. The summed E-state index contributed by atoms with van der Waals surface area (Å²) in [6, 6.07) is 15.9. The van der Waals surface area contributed by atoms with Gasteiger partial charge < -0.3 is 15.6 Å². The van der Waals surface area contributed by atoms with Gasteiger partial charge in [0.15, 0.2) is 0 Å². The van der Waals surface area contributed by atoms with Crippen molar-refractivity contribution in [3.8, 4) is 11.1 Å². The average molecular weight is 287 g/mol. The van der Waals surface area contributed by atoms with Gasteiger partial charge in [0.25, 0.3) is 0 Å². The summed E-state index contributed by atoms with van der Waals surface area (Å²) in [4.78, 5) is 0.399. The Balaban J connectivity index is 2.20. The molecule has 0 aliphatic carbocycles. The van der Waals surface area contributed by atoms with E-state index in [1.54, 1.807) is 0 Å². The SMILES string of the molecule is NC(=S)c1ccccc1-c1ccc(COCCO)cc1. The fourth-order valence-corrected chi connectivity index (χ4v) is 2.16. The van der Waals surface area contributed by atoms with E-state index < -0.39 is 0 Å². The summed E-state index contributed by atoms with van der Waals surface area (Å²) in [7, 11) is 0. The standard InChI is InChI=1S/C16H17NO2S/c17-16(20)15-4-2-1-3-14(15)13-7-5-12(6-8-13)11-19-10-9-18/h1-8,18H,9-11H2,(H2,17,20). The van der Waals surface area contributed by atoms with Crippen molar-refractivity contribution >= 4 is 17.2 Å². The van der Waals surface area contributed by atoms with Crippen LogP contribution in [0.1, 0.15) is 11.1 Å². The maximum Gasteiger partial charge on any atom is 0.104 e. The van der Waals surface area contributed by atoms with E-state index in [4.69, 9.17) is 27.8 Å². The van der Waals surface area contributed by atoms with E-state index in [9.17, 15) is 0 Å². The number of aliphatic hydroxyl groups excluding tert-OH is 1. The summed E-state index contributed by atoms with van der Waals surface area (Å²) >= 11 is 5.08. The predicted molar refractivity (Wildman–Crippen MR) is 84.5 cm³/mol. The van der Waals surface area contributed by atoms with Crippen molar-refractivity contribution in [3.05, 3.63) is 59.7 Å². The molecule has 0 heterocycles. The normalized spacial score (nSPS) is 10.4. The number of benzene rings is 2. The third kappa shape index (κ3) is 3.63. The zero-order chi connectivity index (χ0) is 14.4. The molecule has 104 valence electrons. The minimum Gasteiger partial charge on any atom is -0.394 e. The molecule has 2 aromatic carbocycles. The second kappa shape index (κ2) is 7.14. The van der Waals surface area contributed by atoms with Gasteiger partial charge in [-0.2, -0.15) is 0 Å². The maximum absolute atomic E-state index is 8.67. The molecular weight excluding hydrogens is 270 g/mol. The molecule has 0 unspecified atom stereocenters. The lowest BCUT2D eigenvalue weighted by Crippen LogP contribution is -2.10. The Morgan fingerprint density at radius 1 is 1.10 bits per heavy atom. The Hall–Kier alpha value is -1.75. The first-order valence-electron chi connectivity index (χ1n) is 6.39. The van der Waals surface area contributed by atoms with Gasteiger partial charge in [-0.1, -0.05) is 60.7 Å². The first-order valence-corrected chi connectivity index (χ1v) is 6.80. The molecule has 0 saturated heterocycles. The van der Waals surface area contributed by atoms with E-state index in [1.165, 1.54) is 0 Å². The lowest BCUT2D eigenvalue weighted by molar-refractivity contribution is 0.0815. The number of hydrogen-bond donors (Lipinski definition) is 2. The topological polar surface area (TPSA) is 55.5 Å². The minimum absolute atomic E-state index is 0.0411. The molecule has 0 atom stereocenters. The van der Waals surface area contributed by atoms with E-state index >= 15 is 0 Å². The maximum atomic E-state index is 8.67. The van der Waals surface area contributed by atoms with Crippen LogP contribution < -0.4 is 5.73 Å². The summed E-state index contributed by atoms with van der Waals surface area (Å²) in [5, 5.41) is 8.67. The number of aliphatic hydroxyl groups is 1. The average Bonchev–Trinajstić information content (AvgIpc) is 2.48. The molecule has 4 heteroatoms. The van der Waals surface area contributed by atoms with Crippen LogP contribution in [0.4, 0.5) is 0 Å². The molecule has 0 fully saturated rings. The molecule has 3 nitrogen and oxygen atoms in total. The second-order valence-electron chi connectivity index (χ2n) is 4.38. The molecule has 0 bridgehead atoms. The number of hydrogen-bond acceptors (Lipinski definition) is 3. The highest BCUT2D eigenvalue weighted by Gasteiger charge is 2.06. The molecule has 0 radical (unpaired) electrons. The Morgan fingerprint density at radius 3 is 2.45 bits per heavy atom. The second-order valence-corrected chi connectivity index (χ2v) is 4.82. The van der Waals surface area contributed by atoms with Crippen molar-refractivity contribution < 1.29 is 9.84 Å². The van der Waals surface area contributed by atoms with Gasteiger partial charge in [-0.3, -0.25) is 0 Å². The van der Waals surface area contributed by atoms with Crippen LogP contribution in [-0.4, -0.2) is 23.3 Å². The summed E-state index contributed by atoms with van der Waals surface area (Å²) in [5.74, 6) is 0. The smallest absolute Gasteiger partial charge is 0.104 e. The highest BCUT2D eigenvalue weighted by Crippen LogP contribution is 2.24. The Morgan fingerprint density at radius 2 is 1.80 bits per heavy atom. The van der Waals surface area contributed by atoms with Gasteiger partial charge in [0.2, 0.25) is 0 Å². The van der Waals surface area contributed by atoms with Crippen molar-refractivity contribution in [3.63, 3.8) is 0 Å².